The molecule has 0 unspecified atom stereocenters. The third-order valence-electron chi connectivity index (χ3n) is 6.65. The van der Waals surface area contributed by atoms with Crippen LogP contribution >= 0.6 is 11.6 Å². The fraction of sp³-hybridized carbons (Fsp3) is 0.458. The topological polar surface area (TPSA) is 80.5 Å². The molecule has 186 valence electrons. The van der Waals surface area contributed by atoms with E-state index >= 15 is 0 Å². The Morgan fingerprint density at radius 1 is 1.15 bits per heavy atom. The number of rotatable bonds is 7. The Hall–Kier alpha value is -2.10. The van der Waals surface area contributed by atoms with Gasteiger partial charge in [-0.25, -0.2) is 8.42 Å². The number of carbonyl (C=O) groups is 1. The molecule has 2 aromatic carbocycles. The van der Waals surface area contributed by atoms with Gasteiger partial charge in [-0.2, -0.15) is 13.2 Å². The number of carbonyl (C=O) groups excluding carboxylic acids is 1. The van der Waals surface area contributed by atoms with Crippen molar-refractivity contribution in [1.29, 1.82) is 0 Å². The Kier molecular flexibility index (Phi) is 7.99. The highest BCUT2D eigenvalue weighted by molar-refractivity contribution is 7.90. The van der Waals surface area contributed by atoms with Crippen molar-refractivity contribution in [2.45, 2.75) is 54.6 Å². The number of benzene rings is 2. The first kappa shape index (κ1) is 26.5. The monoisotopic (exact) mass is 516 g/mol. The molecule has 5 nitrogen and oxygen atoms in total. The van der Waals surface area contributed by atoms with Crippen molar-refractivity contribution < 1.29 is 26.4 Å². The number of halogens is 4. The van der Waals surface area contributed by atoms with Crippen LogP contribution in [0.3, 0.4) is 0 Å². The SMILES string of the molecule is CS(=O)(=O)c1cccc(CCN(C(=O)C(F)(F)F)[C@H]2CC[C@](CN)(c3cccc(Cl)c3)CC2)c1. The first-order chi connectivity index (χ1) is 15.9. The summed E-state index contributed by atoms with van der Waals surface area (Å²) in [7, 11) is -3.45. The van der Waals surface area contributed by atoms with Gasteiger partial charge in [-0.05, 0) is 67.5 Å². The van der Waals surface area contributed by atoms with Gasteiger partial charge in [0.05, 0.1) is 4.90 Å². The lowest BCUT2D eigenvalue weighted by Crippen LogP contribution is -2.51. The second-order valence-electron chi connectivity index (χ2n) is 8.89. The van der Waals surface area contributed by atoms with Crippen molar-refractivity contribution in [2.75, 3.05) is 19.3 Å². The lowest BCUT2D eigenvalue weighted by molar-refractivity contribution is -0.188. The summed E-state index contributed by atoms with van der Waals surface area (Å²) in [6.45, 7) is 0.161. The molecule has 0 aliphatic heterocycles. The molecule has 1 fully saturated rings. The molecule has 0 bridgehead atoms. The van der Waals surface area contributed by atoms with E-state index in [1.165, 1.54) is 12.1 Å². The van der Waals surface area contributed by atoms with Gasteiger partial charge in [0.15, 0.2) is 9.84 Å². The zero-order valence-corrected chi connectivity index (χ0v) is 20.4. The minimum atomic E-state index is -5.00. The van der Waals surface area contributed by atoms with E-state index in [1.54, 1.807) is 18.2 Å². The summed E-state index contributed by atoms with van der Waals surface area (Å²) in [6.07, 6.45) is -2.03. The largest absolute Gasteiger partial charge is 0.471 e. The summed E-state index contributed by atoms with van der Waals surface area (Å²) in [5, 5.41) is 0.567. The molecule has 0 saturated heterocycles. The third kappa shape index (κ3) is 6.12. The van der Waals surface area contributed by atoms with E-state index < -0.39 is 33.4 Å². The van der Waals surface area contributed by atoms with Gasteiger partial charge in [-0.1, -0.05) is 35.9 Å². The highest BCUT2D eigenvalue weighted by Crippen LogP contribution is 2.41. The van der Waals surface area contributed by atoms with Gasteiger partial charge >= 0.3 is 12.1 Å². The summed E-state index contributed by atoms with van der Waals surface area (Å²) < 4.78 is 63.9. The minimum Gasteiger partial charge on any atom is -0.332 e. The van der Waals surface area contributed by atoms with Gasteiger partial charge in [-0.3, -0.25) is 4.79 Å². The number of nitrogens with two attached hydrogens (primary N) is 1. The van der Waals surface area contributed by atoms with Crippen LogP contribution in [0.25, 0.3) is 0 Å². The van der Waals surface area contributed by atoms with E-state index in [1.807, 2.05) is 18.2 Å². The number of nitrogens with zero attached hydrogens (tertiary/aromatic N) is 1. The van der Waals surface area contributed by atoms with Crippen molar-refractivity contribution in [3.8, 4) is 0 Å². The van der Waals surface area contributed by atoms with Crippen molar-refractivity contribution >= 4 is 27.3 Å². The molecule has 1 saturated carbocycles. The van der Waals surface area contributed by atoms with E-state index in [-0.39, 0.29) is 17.9 Å². The molecule has 2 aromatic rings. The third-order valence-corrected chi connectivity index (χ3v) is 8.00. The molecule has 1 aliphatic carbocycles. The van der Waals surface area contributed by atoms with Crippen LogP contribution in [0.4, 0.5) is 13.2 Å². The first-order valence-electron chi connectivity index (χ1n) is 11.0. The molecular formula is C24H28ClF3N2O3S. The van der Waals surface area contributed by atoms with E-state index in [0.29, 0.717) is 42.8 Å². The molecule has 1 amide bonds. The molecule has 2 N–H and O–H groups in total. The average Bonchev–Trinajstić information content (AvgIpc) is 2.78. The Morgan fingerprint density at radius 3 is 2.35 bits per heavy atom. The van der Waals surface area contributed by atoms with E-state index in [0.717, 1.165) is 16.7 Å². The molecule has 0 heterocycles. The maximum Gasteiger partial charge on any atom is 0.471 e. The van der Waals surface area contributed by atoms with E-state index in [2.05, 4.69) is 0 Å². The molecular weight excluding hydrogens is 489 g/mol. The fourth-order valence-corrected chi connectivity index (χ4v) is 5.57. The predicted octanol–water partition coefficient (Wildman–Crippen LogP) is 4.52. The lowest BCUT2D eigenvalue weighted by Gasteiger charge is -2.43. The molecule has 0 aromatic heterocycles. The van der Waals surface area contributed by atoms with Gasteiger partial charge < -0.3 is 10.6 Å². The molecule has 10 heteroatoms. The van der Waals surface area contributed by atoms with Gasteiger partial charge in [0, 0.05) is 35.8 Å². The van der Waals surface area contributed by atoms with Crippen LogP contribution in [0.2, 0.25) is 5.02 Å². The van der Waals surface area contributed by atoms with Crippen LogP contribution in [0.1, 0.15) is 36.8 Å². The second-order valence-corrected chi connectivity index (χ2v) is 11.3. The second kappa shape index (κ2) is 10.3. The van der Waals surface area contributed by atoms with Crippen LogP contribution in [0.15, 0.2) is 53.4 Å². The highest BCUT2D eigenvalue weighted by Gasteiger charge is 2.46. The van der Waals surface area contributed by atoms with E-state index in [4.69, 9.17) is 17.3 Å². The molecule has 0 atom stereocenters. The first-order valence-corrected chi connectivity index (χ1v) is 13.3. The van der Waals surface area contributed by atoms with Crippen LogP contribution < -0.4 is 5.73 Å². The zero-order valence-electron chi connectivity index (χ0n) is 18.8. The van der Waals surface area contributed by atoms with Crippen molar-refractivity contribution in [1.82, 2.24) is 4.90 Å². The minimum absolute atomic E-state index is 0.0885. The predicted molar refractivity (Wildman–Crippen MR) is 125 cm³/mol. The van der Waals surface area contributed by atoms with Crippen LogP contribution in [-0.4, -0.2) is 50.8 Å². The van der Waals surface area contributed by atoms with Crippen molar-refractivity contribution in [2.24, 2.45) is 5.73 Å². The molecule has 34 heavy (non-hydrogen) atoms. The number of amides is 1. The number of alkyl halides is 3. The van der Waals surface area contributed by atoms with E-state index in [9.17, 15) is 26.4 Å². The lowest BCUT2D eigenvalue weighted by atomic mass is 9.68. The van der Waals surface area contributed by atoms with Gasteiger partial charge in [0.1, 0.15) is 0 Å². The molecule has 0 spiro atoms. The Balaban J connectivity index is 1.79. The normalized spacial score (nSPS) is 21.3. The summed E-state index contributed by atoms with van der Waals surface area (Å²) >= 11 is 6.14. The summed E-state index contributed by atoms with van der Waals surface area (Å²) in [4.78, 5) is 13.3. The smallest absolute Gasteiger partial charge is 0.332 e. The maximum atomic E-state index is 13.4. The van der Waals surface area contributed by atoms with Crippen LogP contribution in [-0.2, 0) is 26.5 Å². The number of hydrogen-bond acceptors (Lipinski definition) is 4. The van der Waals surface area contributed by atoms with Crippen LogP contribution in [0, 0.1) is 0 Å². The Morgan fingerprint density at radius 2 is 1.79 bits per heavy atom. The van der Waals surface area contributed by atoms with Gasteiger partial charge in [0.2, 0.25) is 0 Å². The number of hydrogen-bond donors (Lipinski definition) is 1. The Bertz CT molecular complexity index is 1130. The number of sulfone groups is 1. The summed E-state index contributed by atoms with van der Waals surface area (Å²) in [6, 6.07) is 12.8. The average molecular weight is 517 g/mol. The fourth-order valence-electron chi connectivity index (χ4n) is 4.69. The van der Waals surface area contributed by atoms with Crippen molar-refractivity contribution in [3.05, 3.63) is 64.7 Å². The van der Waals surface area contributed by atoms with Crippen LogP contribution in [0.5, 0.6) is 0 Å². The molecule has 0 radical (unpaired) electrons. The molecule has 1 aliphatic rings. The standard InChI is InChI=1S/C24H28ClF3N2O3S/c1-34(32,33)21-7-2-4-17(14-21)10-13-30(22(31)24(26,27)28)20-8-11-23(16-29,12-9-20)18-5-3-6-19(25)15-18/h2-7,14-15,20H,8-13,16,29H2,1H3/t20-,23-. The summed E-state index contributed by atoms with van der Waals surface area (Å²) in [5.74, 6) is -1.88. The van der Waals surface area contributed by atoms with Gasteiger partial charge in [0.25, 0.3) is 0 Å². The quantitative estimate of drug-likeness (QED) is 0.587. The van der Waals surface area contributed by atoms with Gasteiger partial charge in [-0.15, -0.1) is 0 Å². The summed E-state index contributed by atoms with van der Waals surface area (Å²) in [5.41, 5.74) is 7.20. The maximum absolute atomic E-state index is 13.4. The Labute approximate surface area is 203 Å². The zero-order chi connectivity index (χ0) is 25.1. The highest BCUT2D eigenvalue weighted by atomic mass is 35.5. The molecule has 3 rings (SSSR count). The van der Waals surface area contributed by atoms with Crippen molar-refractivity contribution in [3.63, 3.8) is 0 Å².